The van der Waals surface area contributed by atoms with Crippen molar-refractivity contribution in [2.24, 2.45) is 5.92 Å². The van der Waals surface area contributed by atoms with E-state index in [0.717, 1.165) is 11.6 Å². The number of hydrogen-bond donors (Lipinski definition) is 1. The Morgan fingerprint density at radius 2 is 1.71 bits per heavy atom. The maximum Gasteiger partial charge on any atom is 0.245 e. The molecule has 2 heterocycles. The Hall–Kier alpha value is -3.04. The van der Waals surface area contributed by atoms with Crippen molar-refractivity contribution in [2.75, 3.05) is 32.7 Å². The lowest BCUT2D eigenvalue weighted by atomic mass is 9.87. The van der Waals surface area contributed by atoms with Crippen molar-refractivity contribution < 1.29 is 23.2 Å². The first kappa shape index (κ1) is 30.9. The summed E-state index contributed by atoms with van der Waals surface area (Å²) in [6, 6.07) is 9.67. The first-order valence-corrected chi connectivity index (χ1v) is 14.4. The van der Waals surface area contributed by atoms with Crippen LogP contribution in [0.15, 0.2) is 42.5 Å². The van der Waals surface area contributed by atoms with Crippen LogP contribution in [0.3, 0.4) is 0 Å². The van der Waals surface area contributed by atoms with Crippen molar-refractivity contribution in [3.8, 4) is 0 Å². The number of carbonyl (C=O) groups is 3. The number of benzene rings is 2. The van der Waals surface area contributed by atoms with Crippen LogP contribution >= 0.6 is 11.6 Å². The van der Waals surface area contributed by atoms with Crippen LogP contribution in [0.1, 0.15) is 51.7 Å². The summed E-state index contributed by atoms with van der Waals surface area (Å²) < 4.78 is 28.6. The molecule has 2 aliphatic rings. The molecule has 0 bridgehead atoms. The van der Waals surface area contributed by atoms with Crippen LogP contribution in [0.4, 0.5) is 8.78 Å². The predicted molar refractivity (Wildman–Crippen MR) is 154 cm³/mol. The molecule has 0 unspecified atom stereocenters. The van der Waals surface area contributed by atoms with E-state index >= 15 is 0 Å². The Morgan fingerprint density at radius 1 is 1.02 bits per heavy atom. The number of piperazine rings is 1. The SMILES string of the molecule is CC(=O)N[C@@H](Cc1ccc(Cl)cc1)C(=O)N1CCN(C(=O)[C@@H]2CN(C(C)(C)C)C[C@H]2c2ccc(F)cc2F)[C@@H](C)C1. The molecule has 1 N–H and O–H groups in total. The van der Waals surface area contributed by atoms with Gasteiger partial charge in [-0.2, -0.15) is 0 Å². The molecule has 4 rings (SSSR count). The molecule has 7 nitrogen and oxygen atoms in total. The second kappa shape index (κ2) is 12.4. The highest BCUT2D eigenvalue weighted by Crippen LogP contribution is 2.39. The summed E-state index contributed by atoms with van der Waals surface area (Å²) in [5.41, 5.74) is 0.981. The molecule has 0 aliphatic carbocycles. The number of carbonyl (C=O) groups excluding carboxylic acids is 3. The van der Waals surface area contributed by atoms with Gasteiger partial charge in [0.2, 0.25) is 17.7 Å². The number of hydrogen-bond acceptors (Lipinski definition) is 4. The van der Waals surface area contributed by atoms with E-state index in [9.17, 15) is 23.2 Å². The largest absolute Gasteiger partial charge is 0.344 e. The Bertz CT molecular complexity index is 1280. The van der Waals surface area contributed by atoms with Gasteiger partial charge in [-0.25, -0.2) is 8.78 Å². The minimum atomic E-state index is -0.746. The predicted octanol–water partition coefficient (Wildman–Crippen LogP) is 4.24. The molecule has 2 aromatic carbocycles. The number of nitrogens with one attached hydrogen (secondary N) is 1. The average Bonchev–Trinajstić information content (AvgIpc) is 3.34. The van der Waals surface area contributed by atoms with Gasteiger partial charge in [0, 0.05) is 74.7 Å². The summed E-state index contributed by atoms with van der Waals surface area (Å²) in [6.45, 7) is 11.3. The van der Waals surface area contributed by atoms with Gasteiger partial charge in [-0.3, -0.25) is 19.3 Å². The second-order valence-electron chi connectivity index (χ2n) is 12.2. The van der Waals surface area contributed by atoms with Crippen LogP contribution in [0, 0.1) is 17.6 Å². The zero-order valence-electron chi connectivity index (χ0n) is 24.3. The van der Waals surface area contributed by atoms with E-state index in [1.54, 1.807) is 21.9 Å². The standard InChI is InChI=1S/C31H39ClF2N4O3/c1-19-16-36(30(41)28(35-20(2)39)14-21-6-8-22(32)9-7-21)12-13-38(19)29(40)26-18-37(31(3,4)5)17-25(26)24-11-10-23(33)15-27(24)34/h6-11,15,19,25-26,28H,12-14,16-18H2,1-5H3,(H,35,39)/t19-,25-,26+,28-/m0/s1. The van der Waals surface area contributed by atoms with Gasteiger partial charge in [-0.05, 0) is 57.0 Å². The average molecular weight is 589 g/mol. The lowest BCUT2D eigenvalue weighted by molar-refractivity contribution is -0.146. The monoisotopic (exact) mass is 588 g/mol. The molecule has 3 amide bonds. The third-order valence-electron chi connectivity index (χ3n) is 8.20. The molecule has 2 aliphatic heterocycles. The fraction of sp³-hybridized carbons (Fsp3) is 0.516. The van der Waals surface area contributed by atoms with Gasteiger partial charge >= 0.3 is 0 Å². The summed E-state index contributed by atoms with van der Waals surface area (Å²) in [6.07, 6.45) is 0.318. The minimum absolute atomic E-state index is 0.0929. The van der Waals surface area contributed by atoms with E-state index in [-0.39, 0.29) is 29.3 Å². The summed E-state index contributed by atoms with van der Waals surface area (Å²) in [5, 5.41) is 3.36. The zero-order valence-corrected chi connectivity index (χ0v) is 25.0. The van der Waals surface area contributed by atoms with Gasteiger partial charge in [-0.1, -0.05) is 29.8 Å². The Labute approximate surface area is 245 Å². The molecule has 2 saturated heterocycles. The third-order valence-corrected chi connectivity index (χ3v) is 8.45. The van der Waals surface area contributed by atoms with E-state index in [1.807, 2.05) is 19.1 Å². The summed E-state index contributed by atoms with van der Waals surface area (Å²) >= 11 is 5.99. The zero-order chi connectivity index (χ0) is 30.1. The normalized spacial score (nSPS) is 22.5. The lowest BCUT2D eigenvalue weighted by Crippen LogP contribution is -2.60. The molecule has 2 aromatic rings. The maximum atomic E-state index is 14.9. The van der Waals surface area contributed by atoms with E-state index in [1.165, 1.54) is 19.1 Å². The van der Waals surface area contributed by atoms with Gasteiger partial charge < -0.3 is 15.1 Å². The lowest BCUT2D eigenvalue weighted by Gasteiger charge is -2.42. The molecule has 41 heavy (non-hydrogen) atoms. The van der Waals surface area contributed by atoms with Crippen molar-refractivity contribution in [3.05, 3.63) is 70.2 Å². The highest BCUT2D eigenvalue weighted by atomic mass is 35.5. The summed E-state index contributed by atoms with van der Waals surface area (Å²) in [4.78, 5) is 45.1. The molecule has 222 valence electrons. The third kappa shape index (κ3) is 7.25. The molecule has 0 aromatic heterocycles. The number of amides is 3. The molecule has 0 spiro atoms. The topological polar surface area (TPSA) is 73.0 Å². The second-order valence-corrected chi connectivity index (χ2v) is 12.6. The van der Waals surface area contributed by atoms with Crippen LogP contribution in [0.2, 0.25) is 5.02 Å². The van der Waals surface area contributed by atoms with Gasteiger partial charge in [-0.15, -0.1) is 0 Å². The molecule has 2 fully saturated rings. The molecule has 4 atom stereocenters. The Kier molecular flexibility index (Phi) is 9.39. The summed E-state index contributed by atoms with van der Waals surface area (Å²) in [7, 11) is 0. The van der Waals surface area contributed by atoms with Crippen molar-refractivity contribution in [1.82, 2.24) is 20.0 Å². The van der Waals surface area contributed by atoms with Gasteiger partial charge in [0.15, 0.2) is 0 Å². The highest BCUT2D eigenvalue weighted by Gasteiger charge is 2.46. The fourth-order valence-corrected chi connectivity index (χ4v) is 6.07. The number of likely N-dealkylation sites (tertiary alicyclic amines) is 1. The molecular weight excluding hydrogens is 550 g/mol. The Balaban J connectivity index is 1.49. The van der Waals surface area contributed by atoms with Gasteiger partial charge in [0.05, 0.1) is 5.92 Å². The van der Waals surface area contributed by atoms with Crippen LogP contribution in [-0.2, 0) is 20.8 Å². The van der Waals surface area contributed by atoms with E-state index in [2.05, 4.69) is 31.0 Å². The Morgan fingerprint density at radius 3 is 2.29 bits per heavy atom. The van der Waals surface area contributed by atoms with Crippen LogP contribution < -0.4 is 5.32 Å². The molecule has 0 radical (unpaired) electrons. The number of rotatable bonds is 6. The van der Waals surface area contributed by atoms with Gasteiger partial charge in [0.1, 0.15) is 17.7 Å². The van der Waals surface area contributed by atoms with Crippen molar-refractivity contribution in [2.45, 2.75) is 64.6 Å². The number of halogens is 3. The maximum absolute atomic E-state index is 14.9. The van der Waals surface area contributed by atoms with Crippen LogP contribution in [0.25, 0.3) is 0 Å². The summed E-state index contributed by atoms with van der Waals surface area (Å²) in [5.74, 6) is -2.82. The smallest absolute Gasteiger partial charge is 0.245 e. The fourth-order valence-electron chi connectivity index (χ4n) is 5.94. The molecule has 0 saturated carbocycles. The number of nitrogens with zero attached hydrogens (tertiary/aromatic N) is 3. The minimum Gasteiger partial charge on any atom is -0.344 e. The first-order chi connectivity index (χ1) is 19.2. The quantitative estimate of drug-likeness (QED) is 0.548. The van der Waals surface area contributed by atoms with E-state index in [0.29, 0.717) is 49.7 Å². The van der Waals surface area contributed by atoms with E-state index < -0.39 is 29.5 Å². The van der Waals surface area contributed by atoms with Crippen molar-refractivity contribution in [1.29, 1.82) is 0 Å². The van der Waals surface area contributed by atoms with Gasteiger partial charge in [0.25, 0.3) is 0 Å². The van der Waals surface area contributed by atoms with E-state index in [4.69, 9.17) is 11.6 Å². The highest BCUT2D eigenvalue weighted by molar-refractivity contribution is 6.30. The first-order valence-electron chi connectivity index (χ1n) is 14.1. The van der Waals surface area contributed by atoms with Crippen molar-refractivity contribution in [3.63, 3.8) is 0 Å². The van der Waals surface area contributed by atoms with Crippen LogP contribution in [-0.4, -0.2) is 82.8 Å². The van der Waals surface area contributed by atoms with Crippen LogP contribution in [0.5, 0.6) is 0 Å². The molecular formula is C31H39ClF2N4O3. The molecule has 10 heteroatoms. The van der Waals surface area contributed by atoms with Crippen molar-refractivity contribution >= 4 is 29.3 Å².